The number of carbonyl (C=O) groups is 1. The Balaban J connectivity index is 2.20. The maximum absolute atomic E-state index is 11.6. The number of amides is 1. The van der Waals surface area contributed by atoms with E-state index in [-0.39, 0.29) is 5.91 Å². The van der Waals surface area contributed by atoms with Gasteiger partial charge in [0.1, 0.15) is 0 Å². The smallest absolute Gasteiger partial charge is 0.233 e. The average molecular weight is 272 g/mol. The van der Waals surface area contributed by atoms with Crippen LogP contribution in [0, 0.1) is 5.92 Å². The molecule has 1 amide bonds. The van der Waals surface area contributed by atoms with Gasteiger partial charge in [-0.15, -0.1) is 0 Å². The molecule has 18 heavy (non-hydrogen) atoms. The molecule has 0 aliphatic heterocycles. The molecule has 106 valence electrons. The molecule has 0 atom stereocenters. The molecule has 0 spiro atoms. The van der Waals surface area contributed by atoms with Crippen molar-refractivity contribution in [3.05, 3.63) is 0 Å². The summed E-state index contributed by atoms with van der Waals surface area (Å²) < 4.78 is 0.372. The molecular formula is C14H28N2OS. The predicted molar refractivity (Wildman–Crippen MR) is 80.0 cm³/mol. The van der Waals surface area contributed by atoms with Crippen molar-refractivity contribution in [1.29, 1.82) is 0 Å². The van der Waals surface area contributed by atoms with Crippen LogP contribution in [0.3, 0.4) is 0 Å². The topological polar surface area (TPSA) is 41.1 Å². The van der Waals surface area contributed by atoms with Gasteiger partial charge < -0.3 is 10.6 Å². The van der Waals surface area contributed by atoms with Gasteiger partial charge in [0, 0.05) is 17.8 Å². The van der Waals surface area contributed by atoms with Gasteiger partial charge in [0.15, 0.2) is 0 Å². The van der Waals surface area contributed by atoms with Crippen molar-refractivity contribution in [2.75, 3.05) is 25.9 Å². The molecule has 1 aliphatic rings. The molecule has 0 unspecified atom stereocenters. The molecule has 1 saturated carbocycles. The van der Waals surface area contributed by atoms with E-state index in [0.717, 1.165) is 13.1 Å². The van der Waals surface area contributed by atoms with Crippen LogP contribution in [0.4, 0.5) is 0 Å². The molecule has 0 aromatic rings. The number of thioether (sulfide) groups is 1. The quantitative estimate of drug-likeness (QED) is 0.748. The fraction of sp³-hybridized carbons (Fsp3) is 0.929. The molecule has 0 bridgehead atoms. The zero-order valence-electron chi connectivity index (χ0n) is 12.1. The molecule has 3 nitrogen and oxygen atoms in total. The summed E-state index contributed by atoms with van der Waals surface area (Å²) in [6.07, 6.45) is 8.82. The molecule has 1 fully saturated rings. The van der Waals surface area contributed by atoms with Crippen molar-refractivity contribution >= 4 is 17.7 Å². The first kappa shape index (κ1) is 15.8. The van der Waals surface area contributed by atoms with Crippen molar-refractivity contribution < 1.29 is 4.79 Å². The van der Waals surface area contributed by atoms with Crippen molar-refractivity contribution in [3.63, 3.8) is 0 Å². The third kappa shape index (κ3) is 5.61. The first-order valence-electron chi connectivity index (χ1n) is 7.10. The summed E-state index contributed by atoms with van der Waals surface area (Å²) in [7, 11) is 0. The van der Waals surface area contributed by atoms with E-state index >= 15 is 0 Å². The molecular weight excluding hydrogens is 244 g/mol. The average Bonchev–Trinajstić information content (AvgIpc) is 2.37. The first-order valence-corrected chi connectivity index (χ1v) is 8.33. The zero-order valence-corrected chi connectivity index (χ0v) is 12.9. The van der Waals surface area contributed by atoms with Crippen LogP contribution in [0.1, 0.15) is 46.0 Å². The Labute approximate surface area is 116 Å². The fourth-order valence-corrected chi connectivity index (χ4v) is 3.38. The minimum absolute atomic E-state index is 0.121. The lowest BCUT2D eigenvalue weighted by atomic mass is 9.88. The summed E-state index contributed by atoms with van der Waals surface area (Å²) in [4.78, 5) is 11.6. The standard InChI is InChI=1S/C14H28N2OS/c1-12(2)9-16-13(17)10-15-11-14(18-3)7-5-4-6-8-14/h12,15H,4-11H2,1-3H3,(H,16,17). The molecule has 4 heteroatoms. The Kier molecular flexibility index (Phi) is 7.08. The molecule has 0 aromatic carbocycles. The molecule has 0 saturated heterocycles. The van der Waals surface area contributed by atoms with Gasteiger partial charge in [-0.05, 0) is 25.0 Å². The van der Waals surface area contributed by atoms with Crippen LogP contribution >= 0.6 is 11.8 Å². The molecule has 0 heterocycles. The van der Waals surface area contributed by atoms with E-state index in [9.17, 15) is 4.79 Å². The second kappa shape index (κ2) is 8.05. The number of rotatable bonds is 7. The zero-order chi connectivity index (χ0) is 13.4. The summed E-state index contributed by atoms with van der Waals surface area (Å²) in [6.45, 7) is 6.41. The molecule has 0 radical (unpaired) electrons. The highest BCUT2D eigenvalue weighted by Crippen LogP contribution is 2.37. The second-order valence-corrected chi connectivity index (χ2v) is 7.02. The Morgan fingerprint density at radius 1 is 1.28 bits per heavy atom. The van der Waals surface area contributed by atoms with E-state index in [0.29, 0.717) is 17.2 Å². The van der Waals surface area contributed by atoms with E-state index in [2.05, 4.69) is 30.7 Å². The van der Waals surface area contributed by atoms with Gasteiger partial charge in [-0.1, -0.05) is 33.1 Å². The van der Waals surface area contributed by atoms with Gasteiger partial charge in [-0.25, -0.2) is 0 Å². The number of hydrogen-bond acceptors (Lipinski definition) is 3. The number of carbonyl (C=O) groups excluding carboxylic acids is 1. The van der Waals surface area contributed by atoms with Gasteiger partial charge in [0.2, 0.25) is 5.91 Å². The minimum atomic E-state index is 0.121. The lowest BCUT2D eigenvalue weighted by Crippen LogP contribution is -2.43. The molecule has 1 aliphatic carbocycles. The van der Waals surface area contributed by atoms with Crippen molar-refractivity contribution in [1.82, 2.24) is 10.6 Å². The fourth-order valence-electron chi connectivity index (χ4n) is 2.43. The Hall–Kier alpha value is -0.220. The SMILES string of the molecule is CSC1(CNCC(=O)NCC(C)C)CCCCC1. The molecule has 1 rings (SSSR count). The van der Waals surface area contributed by atoms with Crippen molar-refractivity contribution in [3.8, 4) is 0 Å². The van der Waals surface area contributed by atoms with Gasteiger partial charge in [-0.3, -0.25) is 4.79 Å². The summed E-state index contributed by atoms with van der Waals surface area (Å²) in [5.74, 6) is 0.639. The van der Waals surface area contributed by atoms with Crippen LogP contribution in [0.5, 0.6) is 0 Å². The third-order valence-electron chi connectivity index (χ3n) is 3.64. The van der Waals surface area contributed by atoms with E-state index < -0.39 is 0 Å². The summed E-state index contributed by atoms with van der Waals surface area (Å²) >= 11 is 1.97. The van der Waals surface area contributed by atoms with E-state index in [1.165, 1.54) is 32.1 Å². The Morgan fingerprint density at radius 2 is 1.94 bits per heavy atom. The summed E-state index contributed by atoms with van der Waals surface area (Å²) in [6, 6.07) is 0. The Bertz CT molecular complexity index is 250. The van der Waals surface area contributed by atoms with Crippen molar-refractivity contribution in [2.24, 2.45) is 5.92 Å². The van der Waals surface area contributed by atoms with E-state index in [1.807, 2.05) is 11.8 Å². The van der Waals surface area contributed by atoms with Crippen LogP contribution in [0.25, 0.3) is 0 Å². The van der Waals surface area contributed by atoms with E-state index in [4.69, 9.17) is 0 Å². The highest BCUT2D eigenvalue weighted by Gasteiger charge is 2.30. The van der Waals surface area contributed by atoms with Gasteiger partial charge >= 0.3 is 0 Å². The molecule has 2 N–H and O–H groups in total. The van der Waals surface area contributed by atoms with Crippen LogP contribution in [-0.2, 0) is 4.79 Å². The van der Waals surface area contributed by atoms with Gasteiger partial charge in [0.05, 0.1) is 6.54 Å². The largest absolute Gasteiger partial charge is 0.355 e. The second-order valence-electron chi connectivity index (χ2n) is 5.75. The number of nitrogens with one attached hydrogen (secondary N) is 2. The lowest BCUT2D eigenvalue weighted by Gasteiger charge is -2.36. The highest BCUT2D eigenvalue weighted by atomic mass is 32.2. The Morgan fingerprint density at radius 3 is 2.50 bits per heavy atom. The monoisotopic (exact) mass is 272 g/mol. The maximum atomic E-state index is 11.6. The summed E-state index contributed by atoms with van der Waals surface area (Å²) in [5, 5.41) is 6.28. The first-order chi connectivity index (χ1) is 8.58. The van der Waals surface area contributed by atoms with Crippen LogP contribution < -0.4 is 10.6 Å². The van der Waals surface area contributed by atoms with Crippen LogP contribution in [-0.4, -0.2) is 36.5 Å². The van der Waals surface area contributed by atoms with Crippen LogP contribution in [0.15, 0.2) is 0 Å². The molecule has 0 aromatic heterocycles. The highest BCUT2D eigenvalue weighted by molar-refractivity contribution is 8.00. The summed E-state index contributed by atoms with van der Waals surface area (Å²) in [5.41, 5.74) is 0. The van der Waals surface area contributed by atoms with Crippen LogP contribution in [0.2, 0.25) is 0 Å². The van der Waals surface area contributed by atoms with Crippen molar-refractivity contribution in [2.45, 2.75) is 50.7 Å². The van der Waals surface area contributed by atoms with Gasteiger partial charge in [-0.2, -0.15) is 11.8 Å². The minimum Gasteiger partial charge on any atom is -0.355 e. The lowest BCUT2D eigenvalue weighted by molar-refractivity contribution is -0.120. The number of hydrogen-bond donors (Lipinski definition) is 2. The van der Waals surface area contributed by atoms with E-state index in [1.54, 1.807) is 0 Å². The van der Waals surface area contributed by atoms with Gasteiger partial charge in [0.25, 0.3) is 0 Å². The predicted octanol–water partition coefficient (Wildman–Crippen LogP) is 2.41. The normalized spacial score (nSPS) is 18.9. The third-order valence-corrected chi connectivity index (χ3v) is 5.06. The maximum Gasteiger partial charge on any atom is 0.233 e.